The topological polar surface area (TPSA) is 0 Å². The molecule has 0 atom stereocenters. The monoisotopic (exact) mass is 288 g/mol. The molecule has 2 rings (SSSR count). The largest absolute Gasteiger partial charge is 0.0691 e. The van der Waals surface area contributed by atoms with Crippen molar-refractivity contribution in [2.75, 3.05) is 0 Å². The summed E-state index contributed by atoms with van der Waals surface area (Å²) in [5.41, 5.74) is 1.59. The Bertz CT molecular complexity index is 363. The highest BCUT2D eigenvalue weighted by Gasteiger charge is 2.32. The van der Waals surface area contributed by atoms with E-state index in [4.69, 9.17) is 0 Å². The molecule has 0 radical (unpaired) electrons. The fourth-order valence-electron chi connectivity index (χ4n) is 3.78. The van der Waals surface area contributed by atoms with Gasteiger partial charge in [-0.25, -0.2) is 0 Å². The van der Waals surface area contributed by atoms with Crippen LogP contribution in [0.4, 0.5) is 0 Å². The van der Waals surface area contributed by atoms with Gasteiger partial charge < -0.3 is 0 Å². The highest BCUT2D eigenvalue weighted by molar-refractivity contribution is 6.78. The minimum absolute atomic E-state index is 0.858. The molecule has 1 saturated heterocycles. The Kier molecular flexibility index (Phi) is 6.34. The van der Waals surface area contributed by atoms with Crippen LogP contribution in [-0.4, -0.2) is 8.07 Å². The van der Waals surface area contributed by atoms with E-state index >= 15 is 0 Å². The lowest BCUT2D eigenvalue weighted by Gasteiger charge is -2.36. The van der Waals surface area contributed by atoms with Gasteiger partial charge in [-0.1, -0.05) is 94.0 Å². The molecular weight excluding hydrogens is 256 g/mol. The molecule has 112 valence electrons. The summed E-state index contributed by atoms with van der Waals surface area (Å²) in [7, 11) is -0.871. The second kappa shape index (κ2) is 8.02. The van der Waals surface area contributed by atoms with Gasteiger partial charge in [0.25, 0.3) is 0 Å². The second-order valence-corrected chi connectivity index (χ2v) is 12.3. The summed E-state index contributed by atoms with van der Waals surface area (Å²) < 4.78 is 0. The van der Waals surface area contributed by atoms with E-state index < -0.39 is 8.07 Å². The van der Waals surface area contributed by atoms with E-state index in [-0.39, 0.29) is 0 Å². The van der Waals surface area contributed by atoms with E-state index in [1.54, 1.807) is 23.7 Å². The van der Waals surface area contributed by atoms with Crippen molar-refractivity contribution in [1.29, 1.82) is 0 Å². The number of hydrogen-bond acceptors (Lipinski definition) is 0. The first-order chi connectivity index (χ1) is 9.73. The molecule has 0 spiro atoms. The van der Waals surface area contributed by atoms with E-state index in [2.05, 4.69) is 43.8 Å². The van der Waals surface area contributed by atoms with Crippen molar-refractivity contribution in [2.24, 2.45) is 0 Å². The van der Waals surface area contributed by atoms with E-state index in [1.807, 2.05) is 0 Å². The van der Waals surface area contributed by atoms with E-state index in [0.717, 1.165) is 5.92 Å². The Morgan fingerprint density at radius 2 is 1.60 bits per heavy atom. The minimum atomic E-state index is -0.871. The predicted molar refractivity (Wildman–Crippen MR) is 93.2 cm³/mol. The van der Waals surface area contributed by atoms with Crippen molar-refractivity contribution >= 4 is 8.07 Å². The van der Waals surface area contributed by atoms with Crippen LogP contribution in [0.5, 0.6) is 0 Å². The van der Waals surface area contributed by atoms with Gasteiger partial charge in [0.15, 0.2) is 0 Å². The molecule has 1 heterocycles. The van der Waals surface area contributed by atoms with Crippen molar-refractivity contribution in [3.05, 3.63) is 35.9 Å². The molecule has 0 saturated carbocycles. The number of rotatable bonds is 7. The maximum absolute atomic E-state index is 2.67. The summed E-state index contributed by atoms with van der Waals surface area (Å²) in [6, 6.07) is 15.9. The Hall–Kier alpha value is -0.563. The van der Waals surface area contributed by atoms with Crippen LogP contribution >= 0.6 is 0 Å². The Balaban J connectivity index is 1.72. The van der Waals surface area contributed by atoms with Gasteiger partial charge in [0.2, 0.25) is 0 Å². The van der Waals surface area contributed by atoms with Crippen LogP contribution in [0.1, 0.15) is 63.4 Å². The molecule has 20 heavy (non-hydrogen) atoms. The summed E-state index contributed by atoms with van der Waals surface area (Å²) in [6.45, 7) is 4.98. The molecule has 0 aromatic heterocycles. The van der Waals surface area contributed by atoms with Crippen LogP contribution in [0, 0.1) is 0 Å². The Morgan fingerprint density at radius 1 is 0.950 bits per heavy atom. The second-order valence-electron chi connectivity index (χ2n) is 7.16. The first-order valence-corrected chi connectivity index (χ1v) is 11.9. The van der Waals surface area contributed by atoms with Gasteiger partial charge in [-0.15, -0.1) is 0 Å². The molecule has 0 unspecified atom stereocenters. The zero-order valence-corrected chi connectivity index (χ0v) is 14.5. The lowest BCUT2D eigenvalue weighted by molar-refractivity contribution is 0.591. The number of benzene rings is 1. The van der Waals surface area contributed by atoms with Crippen LogP contribution in [0.2, 0.25) is 24.7 Å². The van der Waals surface area contributed by atoms with Gasteiger partial charge in [-0.2, -0.15) is 0 Å². The molecule has 0 N–H and O–H groups in total. The van der Waals surface area contributed by atoms with Gasteiger partial charge in [0.05, 0.1) is 8.07 Å². The smallest absolute Gasteiger partial charge is 0.0505 e. The fraction of sp³-hybridized carbons (Fsp3) is 0.684. The van der Waals surface area contributed by atoms with E-state index in [0.29, 0.717) is 0 Å². The van der Waals surface area contributed by atoms with Gasteiger partial charge >= 0.3 is 0 Å². The molecule has 1 aliphatic rings. The highest BCUT2D eigenvalue weighted by Crippen LogP contribution is 2.40. The van der Waals surface area contributed by atoms with Crippen molar-refractivity contribution in [3.63, 3.8) is 0 Å². The maximum Gasteiger partial charge on any atom is 0.0505 e. The summed E-state index contributed by atoms with van der Waals surface area (Å²) in [6.07, 6.45) is 10.2. The quantitative estimate of drug-likeness (QED) is 0.391. The lowest BCUT2D eigenvalue weighted by Crippen LogP contribution is -2.34. The standard InChI is InChI=1S/C19H32Si/c1-3-4-5-6-10-15-20(2)16-13-19(14-17-20)18-11-8-7-9-12-18/h7-9,11-12,19H,3-6,10,13-17H2,1-2H3. The normalized spacial score (nSPS) is 26.6. The minimum Gasteiger partial charge on any atom is -0.0691 e. The van der Waals surface area contributed by atoms with E-state index in [9.17, 15) is 0 Å². The summed E-state index contributed by atoms with van der Waals surface area (Å²) in [5.74, 6) is 0.858. The molecule has 1 aliphatic heterocycles. The van der Waals surface area contributed by atoms with Gasteiger partial charge in [0, 0.05) is 0 Å². The third-order valence-electron chi connectivity index (χ3n) is 5.35. The molecule has 0 bridgehead atoms. The molecule has 0 amide bonds. The van der Waals surface area contributed by atoms with Crippen LogP contribution in [-0.2, 0) is 0 Å². The zero-order valence-electron chi connectivity index (χ0n) is 13.5. The van der Waals surface area contributed by atoms with Crippen molar-refractivity contribution < 1.29 is 0 Å². The first-order valence-electron chi connectivity index (χ1n) is 8.78. The predicted octanol–water partition coefficient (Wildman–Crippen LogP) is 6.61. The van der Waals surface area contributed by atoms with Crippen LogP contribution < -0.4 is 0 Å². The molecule has 1 fully saturated rings. The molecule has 0 aliphatic carbocycles. The van der Waals surface area contributed by atoms with Crippen LogP contribution in [0.25, 0.3) is 0 Å². The SMILES string of the molecule is CCCCCCC[Si]1(C)CCC(c2ccccc2)CC1. The van der Waals surface area contributed by atoms with E-state index in [1.165, 1.54) is 44.9 Å². The maximum atomic E-state index is 2.67. The molecular formula is C19H32Si. The fourth-order valence-corrected chi connectivity index (χ4v) is 7.72. The molecule has 1 aromatic carbocycles. The van der Waals surface area contributed by atoms with Gasteiger partial charge in [-0.3, -0.25) is 0 Å². The van der Waals surface area contributed by atoms with Crippen molar-refractivity contribution in [1.82, 2.24) is 0 Å². The Morgan fingerprint density at radius 3 is 2.25 bits per heavy atom. The van der Waals surface area contributed by atoms with Crippen LogP contribution in [0.15, 0.2) is 30.3 Å². The van der Waals surface area contributed by atoms with Crippen LogP contribution in [0.3, 0.4) is 0 Å². The average Bonchev–Trinajstić information content (AvgIpc) is 2.49. The first kappa shape index (κ1) is 15.8. The summed E-state index contributed by atoms with van der Waals surface area (Å²) >= 11 is 0. The third-order valence-corrected chi connectivity index (χ3v) is 9.90. The van der Waals surface area contributed by atoms with Gasteiger partial charge in [-0.05, 0) is 24.3 Å². The molecule has 1 heteroatoms. The highest BCUT2D eigenvalue weighted by atomic mass is 28.3. The Labute approximate surface area is 127 Å². The summed E-state index contributed by atoms with van der Waals surface area (Å²) in [4.78, 5) is 0. The van der Waals surface area contributed by atoms with Gasteiger partial charge in [0.1, 0.15) is 0 Å². The number of unbranched alkanes of at least 4 members (excludes halogenated alkanes) is 4. The lowest BCUT2D eigenvalue weighted by atomic mass is 9.94. The summed E-state index contributed by atoms with van der Waals surface area (Å²) in [5, 5.41) is 0. The average molecular weight is 289 g/mol. The number of hydrogen-bond donors (Lipinski definition) is 0. The van der Waals surface area contributed by atoms with Crippen molar-refractivity contribution in [2.45, 2.75) is 82.5 Å². The third kappa shape index (κ3) is 4.77. The molecule has 1 aromatic rings. The zero-order chi connectivity index (χ0) is 14.3. The van der Waals surface area contributed by atoms with Crippen molar-refractivity contribution in [3.8, 4) is 0 Å². The molecule has 0 nitrogen and oxygen atoms in total.